The summed E-state index contributed by atoms with van der Waals surface area (Å²) in [5, 5.41) is 0. The van der Waals surface area contributed by atoms with E-state index in [2.05, 4.69) is 81.4 Å². The van der Waals surface area contributed by atoms with Crippen molar-refractivity contribution in [1.82, 2.24) is 0 Å². The van der Waals surface area contributed by atoms with Gasteiger partial charge >= 0.3 is 149 Å². The van der Waals surface area contributed by atoms with Crippen LogP contribution >= 0.6 is 0 Å². The van der Waals surface area contributed by atoms with E-state index in [1.54, 1.807) is 12.1 Å². The van der Waals surface area contributed by atoms with Crippen LogP contribution in [-0.2, 0) is 23.8 Å². The quantitative estimate of drug-likeness (QED) is 0.541. The van der Waals surface area contributed by atoms with Gasteiger partial charge in [-0.25, -0.2) is 0 Å². The number of allylic oxidation sites excluding steroid dienone is 4. The molecule has 2 aromatic rings. The number of hydrogen-bond donors (Lipinski definition) is 0. The number of rotatable bonds is 4. The van der Waals surface area contributed by atoms with Gasteiger partial charge in [-0.15, -0.1) is 0 Å². The summed E-state index contributed by atoms with van der Waals surface area (Å²) in [6.07, 6.45) is 9.43. The van der Waals surface area contributed by atoms with Crippen LogP contribution in [0.25, 0.3) is 11.1 Å². The van der Waals surface area contributed by atoms with E-state index < -0.39 is 17.4 Å². The summed E-state index contributed by atoms with van der Waals surface area (Å²) < 4.78 is 6.28. The Kier molecular flexibility index (Phi) is 3.97. The van der Waals surface area contributed by atoms with Gasteiger partial charge in [-0.1, -0.05) is 0 Å². The Balaban J connectivity index is 2.00. The summed E-state index contributed by atoms with van der Waals surface area (Å²) >= 11 is -3.15. The van der Waals surface area contributed by atoms with Gasteiger partial charge in [0, 0.05) is 0 Å². The van der Waals surface area contributed by atoms with Crippen molar-refractivity contribution in [3.8, 4) is 11.1 Å². The maximum atomic E-state index is 2.50. The molecule has 4 rings (SSSR count). The van der Waals surface area contributed by atoms with E-state index in [9.17, 15) is 0 Å². The Morgan fingerprint density at radius 3 is 2.42 bits per heavy atom. The summed E-state index contributed by atoms with van der Waals surface area (Å²) in [4.78, 5) is 0. The van der Waals surface area contributed by atoms with Crippen molar-refractivity contribution in [2.24, 2.45) is 0 Å². The first-order chi connectivity index (χ1) is 11.6. The third-order valence-electron chi connectivity index (χ3n) is 6.88. The van der Waals surface area contributed by atoms with E-state index in [4.69, 9.17) is 0 Å². The second kappa shape index (κ2) is 5.78. The maximum absolute atomic E-state index is 3.15. The molecule has 2 aromatic carbocycles. The molecule has 24 heavy (non-hydrogen) atoms. The average Bonchev–Trinajstić information content (AvgIpc) is 3.29. The van der Waals surface area contributed by atoms with Crippen molar-refractivity contribution in [2.45, 2.75) is 34.9 Å². The summed E-state index contributed by atoms with van der Waals surface area (Å²) in [5.74, 6) is 0. The second-order valence-corrected chi connectivity index (χ2v) is 33.6. The fourth-order valence-corrected chi connectivity index (χ4v) is 21.4. The van der Waals surface area contributed by atoms with Crippen LogP contribution < -0.4 is 3.27 Å². The molecule has 0 fully saturated rings. The number of hydrogen-bond acceptors (Lipinski definition) is 0. The first-order valence-corrected chi connectivity index (χ1v) is 21.1. The zero-order valence-electron chi connectivity index (χ0n) is 14.8. The molecule has 0 spiro atoms. The molecule has 2 aliphatic carbocycles. The predicted molar refractivity (Wildman–Crippen MR) is 106 cm³/mol. The van der Waals surface area contributed by atoms with Crippen LogP contribution in [0, 0.1) is 0 Å². The molecular weight excluding hydrogens is 384 g/mol. The minimum absolute atomic E-state index is 1.13. The van der Waals surface area contributed by atoms with E-state index in [-0.39, 0.29) is 0 Å². The van der Waals surface area contributed by atoms with Crippen molar-refractivity contribution in [1.29, 1.82) is 0 Å². The Morgan fingerprint density at radius 1 is 0.958 bits per heavy atom. The van der Waals surface area contributed by atoms with E-state index in [1.807, 2.05) is 0 Å². The van der Waals surface area contributed by atoms with E-state index in [0.717, 1.165) is 6.42 Å². The van der Waals surface area contributed by atoms with Crippen LogP contribution in [0.5, 0.6) is 0 Å². The topological polar surface area (TPSA) is 0 Å². The SMILES string of the molecule is C[CH2][Zr](=[SiH2])([CH2]C)([C]1=CC=CC1)[c]1cccc2c1Cc1ccccc1-2. The van der Waals surface area contributed by atoms with Crippen LogP contribution in [0.3, 0.4) is 0 Å². The van der Waals surface area contributed by atoms with Crippen LogP contribution in [0.2, 0.25) is 8.26 Å². The van der Waals surface area contributed by atoms with Crippen LogP contribution in [0.1, 0.15) is 31.4 Å². The fourth-order valence-electron chi connectivity index (χ4n) is 4.96. The van der Waals surface area contributed by atoms with Crippen LogP contribution in [-0.4, -0.2) is 6.88 Å². The van der Waals surface area contributed by atoms with Crippen molar-refractivity contribution in [3.05, 3.63) is 75.1 Å². The molecule has 0 nitrogen and oxygen atoms in total. The van der Waals surface area contributed by atoms with Crippen LogP contribution in [0.4, 0.5) is 0 Å². The van der Waals surface area contributed by atoms with Gasteiger partial charge in [0.2, 0.25) is 0 Å². The third-order valence-corrected chi connectivity index (χ3v) is 35.8. The molecule has 0 heterocycles. The zero-order valence-corrected chi connectivity index (χ0v) is 18.7. The molecule has 0 bridgehead atoms. The zero-order chi connectivity index (χ0) is 16.8. The first kappa shape index (κ1) is 16.5. The fraction of sp³-hybridized carbons (Fsp3) is 0.273. The normalized spacial score (nSPS) is 16.0. The van der Waals surface area contributed by atoms with Crippen LogP contribution in [0.15, 0.2) is 64.0 Å². The standard InChI is InChI=1S/C13H9.C5H5.2C2H5.H2Si.Zr/c1-3-7-12-10(5-1)9-11-6-2-4-8-13(11)12;1-2-4-5-3-1;2*1-2;;/h1-5,7-8H,9H2;1-3H,4H2;2*1H2,2H3;1H2;. The third kappa shape index (κ3) is 2.12. The molecule has 2 heteroatoms. The molecule has 0 N–H and O–H groups in total. The van der Waals surface area contributed by atoms with Crippen molar-refractivity contribution in [3.63, 3.8) is 0 Å². The summed E-state index contributed by atoms with van der Waals surface area (Å²) in [6, 6.07) is 16.2. The molecule has 0 atom stereocenters. The van der Waals surface area contributed by atoms with E-state index in [0.29, 0.717) is 0 Å². The molecule has 2 aliphatic rings. The van der Waals surface area contributed by atoms with Gasteiger partial charge in [-0.05, 0) is 0 Å². The van der Waals surface area contributed by atoms with Crippen molar-refractivity contribution < 1.29 is 17.4 Å². The number of fused-ring (bicyclic) bond motifs is 3. The molecule has 0 saturated heterocycles. The van der Waals surface area contributed by atoms with Crippen molar-refractivity contribution in [2.75, 3.05) is 0 Å². The molecule has 0 saturated carbocycles. The summed E-state index contributed by atoms with van der Waals surface area (Å²) in [5.41, 5.74) is 6.13. The molecule has 0 unspecified atom stereocenters. The molecule has 0 aromatic heterocycles. The Labute approximate surface area is 148 Å². The average molecular weight is 410 g/mol. The molecule has 0 radical (unpaired) electrons. The van der Waals surface area contributed by atoms with Gasteiger partial charge in [0.25, 0.3) is 0 Å². The van der Waals surface area contributed by atoms with Crippen molar-refractivity contribution >= 4 is 10.2 Å². The van der Waals surface area contributed by atoms with E-state index >= 15 is 0 Å². The Morgan fingerprint density at radius 2 is 1.71 bits per heavy atom. The number of benzene rings is 2. The molecular formula is C22H26SiZr. The van der Waals surface area contributed by atoms with Gasteiger partial charge < -0.3 is 0 Å². The van der Waals surface area contributed by atoms with E-state index in [1.165, 1.54) is 31.4 Å². The van der Waals surface area contributed by atoms with Gasteiger partial charge in [-0.3, -0.25) is 0 Å². The summed E-state index contributed by atoms with van der Waals surface area (Å²) in [7, 11) is 0. The van der Waals surface area contributed by atoms with Gasteiger partial charge in [0.1, 0.15) is 0 Å². The Hall–Kier alpha value is -0.980. The molecule has 0 aliphatic heterocycles. The first-order valence-electron chi connectivity index (χ1n) is 9.22. The van der Waals surface area contributed by atoms with Gasteiger partial charge in [0.15, 0.2) is 0 Å². The summed E-state index contributed by atoms with van der Waals surface area (Å²) in [6.45, 7) is 7.36. The predicted octanol–water partition coefficient (Wildman–Crippen LogP) is 4.84. The van der Waals surface area contributed by atoms with Gasteiger partial charge in [-0.2, -0.15) is 0 Å². The monoisotopic (exact) mass is 408 g/mol. The van der Waals surface area contributed by atoms with Gasteiger partial charge in [0.05, 0.1) is 0 Å². The minimum atomic E-state index is -3.15. The second-order valence-electron chi connectivity index (χ2n) is 7.63. The molecule has 0 amide bonds. The Bertz CT molecular complexity index is 938. The molecule has 122 valence electrons.